The van der Waals surface area contributed by atoms with Gasteiger partial charge < -0.3 is 9.73 Å². The maximum absolute atomic E-state index is 11.5. The summed E-state index contributed by atoms with van der Waals surface area (Å²) in [7, 11) is 0. The van der Waals surface area contributed by atoms with Gasteiger partial charge in [0.25, 0.3) is 0 Å². The lowest BCUT2D eigenvalue weighted by molar-refractivity contribution is -0.122. The highest BCUT2D eigenvalue weighted by molar-refractivity contribution is 14.1. The van der Waals surface area contributed by atoms with E-state index in [0.29, 0.717) is 6.54 Å². The van der Waals surface area contributed by atoms with Gasteiger partial charge in [0, 0.05) is 6.54 Å². The molecule has 0 saturated heterocycles. The summed E-state index contributed by atoms with van der Waals surface area (Å²) in [5, 5.41) is 5.95. The zero-order valence-electron chi connectivity index (χ0n) is 9.55. The largest absolute Gasteiger partial charge is 0.454 e. The van der Waals surface area contributed by atoms with Crippen LogP contribution >= 0.6 is 22.6 Å². The Bertz CT molecular complexity index is 338. The first kappa shape index (κ1) is 13.5. The third kappa shape index (κ3) is 4.52. The molecule has 1 atom stereocenters. The van der Waals surface area contributed by atoms with Crippen molar-refractivity contribution in [2.24, 2.45) is 0 Å². The molecule has 0 saturated carbocycles. The van der Waals surface area contributed by atoms with E-state index in [1.165, 1.54) is 0 Å². The highest BCUT2D eigenvalue weighted by Gasteiger charge is 2.11. The number of furan rings is 1. The van der Waals surface area contributed by atoms with Gasteiger partial charge in [0.2, 0.25) is 5.91 Å². The first-order valence-corrected chi connectivity index (χ1v) is 6.46. The van der Waals surface area contributed by atoms with Gasteiger partial charge in [-0.3, -0.25) is 10.1 Å². The predicted octanol–water partition coefficient (Wildman–Crippen LogP) is 1.89. The summed E-state index contributed by atoms with van der Waals surface area (Å²) < 4.78 is 6.25. The van der Waals surface area contributed by atoms with E-state index in [4.69, 9.17) is 4.42 Å². The van der Waals surface area contributed by atoms with Crippen LogP contribution in [0, 0.1) is 3.77 Å². The summed E-state index contributed by atoms with van der Waals surface area (Å²) in [5.74, 6) is 0.877. The minimum absolute atomic E-state index is 0.0307. The lowest BCUT2D eigenvalue weighted by Gasteiger charge is -2.12. The Morgan fingerprint density at radius 2 is 2.31 bits per heavy atom. The molecule has 0 aliphatic heterocycles. The third-order valence-corrected chi connectivity index (χ3v) is 2.73. The summed E-state index contributed by atoms with van der Waals surface area (Å²) in [6.07, 6.45) is 0.953. The van der Waals surface area contributed by atoms with Crippen molar-refractivity contribution in [1.29, 1.82) is 0 Å². The quantitative estimate of drug-likeness (QED) is 0.780. The number of amides is 1. The summed E-state index contributed by atoms with van der Waals surface area (Å²) in [5.41, 5.74) is 0. The van der Waals surface area contributed by atoms with Gasteiger partial charge >= 0.3 is 0 Å². The Morgan fingerprint density at radius 3 is 2.88 bits per heavy atom. The molecule has 0 fully saturated rings. The molecule has 0 radical (unpaired) electrons. The Balaban J connectivity index is 2.29. The van der Waals surface area contributed by atoms with Crippen molar-refractivity contribution in [3.63, 3.8) is 0 Å². The monoisotopic (exact) mass is 336 g/mol. The van der Waals surface area contributed by atoms with Gasteiger partial charge in [-0.05, 0) is 48.1 Å². The summed E-state index contributed by atoms with van der Waals surface area (Å²) in [6.45, 7) is 5.18. The van der Waals surface area contributed by atoms with Crippen molar-refractivity contribution in [1.82, 2.24) is 10.6 Å². The summed E-state index contributed by atoms with van der Waals surface area (Å²) in [6, 6.07) is 3.61. The topological polar surface area (TPSA) is 54.3 Å². The van der Waals surface area contributed by atoms with Gasteiger partial charge in [-0.15, -0.1) is 0 Å². The number of halogens is 1. The number of nitrogens with one attached hydrogen (secondary N) is 2. The Hall–Kier alpha value is -0.560. The molecule has 1 amide bonds. The molecule has 90 valence electrons. The highest BCUT2D eigenvalue weighted by atomic mass is 127. The van der Waals surface area contributed by atoms with Crippen LogP contribution in [0.3, 0.4) is 0 Å². The lowest BCUT2D eigenvalue weighted by atomic mass is 10.3. The normalized spacial score (nSPS) is 12.4. The zero-order valence-corrected chi connectivity index (χ0v) is 11.7. The van der Waals surface area contributed by atoms with Gasteiger partial charge in [0.1, 0.15) is 5.76 Å². The summed E-state index contributed by atoms with van der Waals surface area (Å²) >= 11 is 2.12. The Kier molecular flexibility index (Phi) is 5.83. The van der Waals surface area contributed by atoms with Gasteiger partial charge in [0.05, 0.1) is 12.6 Å². The van der Waals surface area contributed by atoms with Gasteiger partial charge in [-0.2, -0.15) is 0 Å². The molecule has 1 heterocycles. The molecular weight excluding hydrogens is 319 g/mol. The van der Waals surface area contributed by atoms with Crippen LogP contribution in [0.5, 0.6) is 0 Å². The second-order valence-corrected chi connectivity index (χ2v) is 4.66. The van der Waals surface area contributed by atoms with Crippen molar-refractivity contribution >= 4 is 28.5 Å². The number of carbonyl (C=O) groups is 1. The van der Waals surface area contributed by atoms with E-state index in [1.807, 2.05) is 26.0 Å². The zero-order chi connectivity index (χ0) is 12.0. The second-order valence-electron chi connectivity index (χ2n) is 3.60. The first-order chi connectivity index (χ1) is 7.63. The van der Waals surface area contributed by atoms with Crippen molar-refractivity contribution in [3.05, 3.63) is 21.7 Å². The minimum Gasteiger partial charge on any atom is -0.454 e. The number of rotatable bonds is 6. The van der Waals surface area contributed by atoms with E-state index in [0.717, 1.165) is 22.5 Å². The molecule has 4 nitrogen and oxygen atoms in total. The predicted molar refractivity (Wildman–Crippen MR) is 71.0 cm³/mol. The van der Waals surface area contributed by atoms with Crippen molar-refractivity contribution in [2.45, 2.75) is 32.9 Å². The fraction of sp³-hybridized carbons (Fsp3) is 0.545. The summed E-state index contributed by atoms with van der Waals surface area (Å²) in [4.78, 5) is 11.5. The standard InChI is InChI=1S/C11H17IN2O2/c1-3-6-13-11(15)8(2)14-7-9-4-5-10(12)16-9/h4-5,8,14H,3,6-7H2,1-2H3,(H,13,15). The van der Waals surface area contributed by atoms with E-state index >= 15 is 0 Å². The van der Waals surface area contributed by atoms with Gasteiger partial charge in [-0.1, -0.05) is 6.92 Å². The van der Waals surface area contributed by atoms with Crippen LogP contribution in [0.4, 0.5) is 0 Å². The molecule has 0 aliphatic rings. The Labute approximate surface area is 109 Å². The fourth-order valence-corrected chi connectivity index (χ4v) is 1.66. The molecule has 1 rings (SSSR count). The van der Waals surface area contributed by atoms with Crippen LogP contribution in [0.15, 0.2) is 16.5 Å². The second kappa shape index (κ2) is 6.90. The molecular formula is C11H17IN2O2. The molecule has 1 aromatic heterocycles. The maximum Gasteiger partial charge on any atom is 0.236 e. The highest BCUT2D eigenvalue weighted by Crippen LogP contribution is 2.09. The van der Waals surface area contributed by atoms with E-state index in [9.17, 15) is 4.79 Å². The smallest absolute Gasteiger partial charge is 0.236 e. The molecule has 0 aliphatic carbocycles. The van der Waals surface area contributed by atoms with Gasteiger partial charge in [0.15, 0.2) is 3.77 Å². The van der Waals surface area contributed by atoms with E-state index in [1.54, 1.807) is 0 Å². The molecule has 0 bridgehead atoms. The van der Waals surface area contributed by atoms with Crippen LogP contribution < -0.4 is 10.6 Å². The molecule has 5 heteroatoms. The molecule has 1 unspecified atom stereocenters. The number of carbonyl (C=O) groups excluding carboxylic acids is 1. The third-order valence-electron chi connectivity index (χ3n) is 2.15. The van der Waals surface area contributed by atoms with Crippen LogP contribution in [-0.4, -0.2) is 18.5 Å². The molecule has 0 spiro atoms. The van der Waals surface area contributed by atoms with E-state index < -0.39 is 0 Å². The van der Waals surface area contributed by atoms with Crippen LogP contribution in [0.1, 0.15) is 26.0 Å². The molecule has 2 N–H and O–H groups in total. The lowest BCUT2D eigenvalue weighted by Crippen LogP contribution is -2.41. The minimum atomic E-state index is -0.200. The van der Waals surface area contributed by atoms with Crippen LogP contribution in [0.2, 0.25) is 0 Å². The molecule has 1 aromatic rings. The van der Waals surface area contributed by atoms with Crippen molar-refractivity contribution < 1.29 is 9.21 Å². The molecule has 0 aromatic carbocycles. The van der Waals surface area contributed by atoms with Crippen molar-refractivity contribution in [3.8, 4) is 0 Å². The SMILES string of the molecule is CCCNC(=O)C(C)NCc1ccc(I)o1. The van der Waals surface area contributed by atoms with Crippen LogP contribution in [-0.2, 0) is 11.3 Å². The average Bonchev–Trinajstić information content (AvgIpc) is 2.68. The first-order valence-electron chi connectivity index (χ1n) is 5.38. The number of hydrogen-bond donors (Lipinski definition) is 2. The van der Waals surface area contributed by atoms with E-state index in [2.05, 4.69) is 33.2 Å². The average molecular weight is 336 g/mol. The van der Waals surface area contributed by atoms with Crippen molar-refractivity contribution in [2.75, 3.05) is 6.54 Å². The fourth-order valence-electron chi connectivity index (χ4n) is 1.19. The maximum atomic E-state index is 11.5. The van der Waals surface area contributed by atoms with Crippen LogP contribution in [0.25, 0.3) is 0 Å². The molecule has 16 heavy (non-hydrogen) atoms. The van der Waals surface area contributed by atoms with E-state index in [-0.39, 0.29) is 11.9 Å². The number of hydrogen-bond acceptors (Lipinski definition) is 3. The van der Waals surface area contributed by atoms with Gasteiger partial charge in [-0.25, -0.2) is 0 Å². The Morgan fingerprint density at radius 1 is 1.56 bits per heavy atom.